The van der Waals surface area contributed by atoms with Crippen molar-refractivity contribution in [3.05, 3.63) is 17.7 Å². The van der Waals surface area contributed by atoms with E-state index in [0.29, 0.717) is 24.9 Å². The molecule has 0 spiro atoms. The largest absolute Gasteiger partial charge is 0.416 e. The summed E-state index contributed by atoms with van der Waals surface area (Å²) >= 11 is 0. The second-order valence-electron chi connectivity index (χ2n) is 5.36. The molecular formula is C13H20F3N5. The van der Waals surface area contributed by atoms with Crippen molar-refractivity contribution in [3.8, 4) is 0 Å². The van der Waals surface area contributed by atoms with Gasteiger partial charge in [0.2, 0.25) is 0 Å². The molecule has 0 saturated carbocycles. The number of alkyl halides is 3. The summed E-state index contributed by atoms with van der Waals surface area (Å²) in [4.78, 5) is 8.27. The molecule has 0 amide bonds. The summed E-state index contributed by atoms with van der Waals surface area (Å²) in [7, 11) is 0. The highest BCUT2D eigenvalue weighted by molar-refractivity contribution is 5.51. The fraction of sp³-hybridized carbons (Fsp3) is 0.615. The van der Waals surface area contributed by atoms with Gasteiger partial charge in [-0.3, -0.25) is 4.90 Å². The lowest BCUT2D eigenvalue weighted by atomic mass is 10.2. The number of nitrogens with two attached hydrogens (primary N) is 1. The molecular weight excluding hydrogens is 283 g/mol. The molecule has 2 heterocycles. The molecule has 0 aromatic carbocycles. The van der Waals surface area contributed by atoms with Crippen LogP contribution in [0.1, 0.15) is 19.4 Å². The molecule has 1 saturated heterocycles. The summed E-state index contributed by atoms with van der Waals surface area (Å²) in [6.45, 7) is 7.12. The van der Waals surface area contributed by atoms with Gasteiger partial charge in [0.05, 0.1) is 5.56 Å². The minimum Gasteiger partial charge on any atom is -0.354 e. The Morgan fingerprint density at radius 3 is 2.29 bits per heavy atom. The number of nitrogens with zero attached hydrogens (tertiary/aromatic N) is 3. The molecule has 0 radical (unpaired) electrons. The SMILES string of the molecule is CC(C)N1CCN(c2cc(C(F)(F)F)cc(NN)n2)CC1. The van der Waals surface area contributed by atoms with Crippen LogP contribution in [0, 0.1) is 0 Å². The Morgan fingerprint density at radius 1 is 1.19 bits per heavy atom. The Bertz CT molecular complexity index is 481. The van der Waals surface area contributed by atoms with E-state index in [4.69, 9.17) is 5.84 Å². The first kappa shape index (κ1) is 15.8. The van der Waals surface area contributed by atoms with Crippen molar-refractivity contribution in [2.24, 2.45) is 5.84 Å². The van der Waals surface area contributed by atoms with E-state index < -0.39 is 11.7 Å². The third-order valence-electron chi connectivity index (χ3n) is 3.66. The van der Waals surface area contributed by atoms with Crippen LogP contribution in [0.15, 0.2) is 12.1 Å². The summed E-state index contributed by atoms with van der Waals surface area (Å²) < 4.78 is 38.7. The van der Waals surface area contributed by atoms with Gasteiger partial charge in [-0.1, -0.05) is 0 Å². The Kier molecular flexibility index (Phi) is 4.58. The lowest BCUT2D eigenvalue weighted by Gasteiger charge is -2.37. The van der Waals surface area contributed by atoms with E-state index in [1.54, 1.807) is 0 Å². The van der Waals surface area contributed by atoms with E-state index in [1.165, 1.54) is 0 Å². The highest BCUT2D eigenvalue weighted by atomic mass is 19.4. The molecule has 1 fully saturated rings. The van der Waals surface area contributed by atoms with E-state index in [2.05, 4.69) is 29.2 Å². The second kappa shape index (κ2) is 6.07. The van der Waals surface area contributed by atoms with Crippen LogP contribution in [0.5, 0.6) is 0 Å². The number of hydrazine groups is 1. The third-order valence-corrected chi connectivity index (χ3v) is 3.66. The summed E-state index contributed by atoms with van der Waals surface area (Å²) in [6.07, 6.45) is -4.41. The molecule has 118 valence electrons. The zero-order valence-electron chi connectivity index (χ0n) is 12.1. The minimum absolute atomic E-state index is 0.0196. The molecule has 0 atom stereocenters. The molecule has 5 nitrogen and oxygen atoms in total. The molecule has 3 N–H and O–H groups in total. The number of halogens is 3. The van der Waals surface area contributed by atoms with Crippen LogP contribution in [0.25, 0.3) is 0 Å². The fourth-order valence-corrected chi connectivity index (χ4v) is 2.38. The molecule has 21 heavy (non-hydrogen) atoms. The van der Waals surface area contributed by atoms with Gasteiger partial charge >= 0.3 is 6.18 Å². The van der Waals surface area contributed by atoms with Gasteiger partial charge in [0.1, 0.15) is 11.6 Å². The van der Waals surface area contributed by atoms with Gasteiger partial charge in [0.25, 0.3) is 0 Å². The number of aromatic nitrogens is 1. The van der Waals surface area contributed by atoms with Crippen LogP contribution in [0.2, 0.25) is 0 Å². The quantitative estimate of drug-likeness (QED) is 0.660. The van der Waals surface area contributed by atoms with Crippen molar-refractivity contribution >= 4 is 11.6 Å². The maximum atomic E-state index is 12.9. The van der Waals surface area contributed by atoms with Crippen molar-refractivity contribution in [3.63, 3.8) is 0 Å². The Hall–Kier alpha value is -1.54. The molecule has 0 unspecified atom stereocenters. The Morgan fingerprint density at radius 2 is 1.81 bits per heavy atom. The highest BCUT2D eigenvalue weighted by Crippen LogP contribution is 2.33. The van der Waals surface area contributed by atoms with Gasteiger partial charge in [0.15, 0.2) is 0 Å². The number of hydrogen-bond donors (Lipinski definition) is 2. The van der Waals surface area contributed by atoms with Crippen LogP contribution in [0.3, 0.4) is 0 Å². The standard InChI is InChI=1S/C13H20F3N5/c1-9(2)20-3-5-21(6-4-20)12-8-10(13(14,15)16)7-11(18-12)19-17/h7-9H,3-6,17H2,1-2H3,(H,18,19). The van der Waals surface area contributed by atoms with E-state index in [9.17, 15) is 13.2 Å². The third kappa shape index (κ3) is 3.76. The molecule has 8 heteroatoms. The molecule has 1 aliphatic heterocycles. The molecule has 1 aromatic rings. The summed E-state index contributed by atoms with van der Waals surface area (Å²) in [5.41, 5.74) is 1.45. The van der Waals surface area contributed by atoms with E-state index in [0.717, 1.165) is 25.2 Å². The Labute approximate surface area is 121 Å². The lowest BCUT2D eigenvalue weighted by Crippen LogP contribution is -2.49. The summed E-state index contributed by atoms with van der Waals surface area (Å²) in [5, 5.41) is 0. The summed E-state index contributed by atoms with van der Waals surface area (Å²) in [6, 6.07) is 2.42. The van der Waals surface area contributed by atoms with Crippen LogP contribution in [-0.4, -0.2) is 42.1 Å². The molecule has 1 aromatic heterocycles. The number of rotatable bonds is 3. The lowest BCUT2D eigenvalue weighted by molar-refractivity contribution is -0.137. The van der Waals surface area contributed by atoms with Gasteiger partial charge in [-0.05, 0) is 26.0 Å². The van der Waals surface area contributed by atoms with Gasteiger partial charge < -0.3 is 10.3 Å². The van der Waals surface area contributed by atoms with E-state index in [-0.39, 0.29) is 5.82 Å². The monoisotopic (exact) mass is 303 g/mol. The van der Waals surface area contributed by atoms with Gasteiger partial charge in [-0.25, -0.2) is 10.8 Å². The Balaban J connectivity index is 2.20. The van der Waals surface area contributed by atoms with E-state index in [1.807, 2.05) is 4.90 Å². The first-order valence-corrected chi connectivity index (χ1v) is 6.86. The van der Waals surface area contributed by atoms with Gasteiger partial charge in [-0.2, -0.15) is 13.2 Å². The number of hydrogen-bond acceptors (Lipinski definition) is 5. The van der Waals surface area contributed by atoms with Crippen molar-refractivity contribution in [2.45, 2.75) is 26.1 Å². The van der Waals surface area contributed by atoms with Crippen LogP contribution < -0.4 is 16.2 Å². The topological polar surface area (TPSA) is 57.4 Å². The maximum absolute atomic E-state index is 12.9. The first-order valence-electron chi connectivity index (χ1n) is 6.86. The summed E-state index contributed by atoms with van der Waals surface area (Å²) in [5.74, 6) is 5.54. The molecule has 0 bridgehead atoms. The zero-order chi connectivity index (χ0) is 15.6. The molecule has 1 aliphatic rings. The van der Waals surface area contributed by atoms with Crippen molar-refractivity contribution in [1.82, 2.24) is 9.88 Å². The van der Waals surface area contributed by atoms with Crippen molar-refractivity contribution < 1.29 is 13.2 Å². The minimum atomic E-state index is -4.41. The number of nitrogens with one attached hydrogen (secondary N) is 1. The van der Waals surface area contributed by atoms with Crippen molar-refractivity contribution in [2.75, 3.05) is 36.5 Å². The number of nitrogen functional groups attached to an aromatic ring is 1. The number of anilines is 2. The average Bonchev–Trinajstić information content (AvgIpc) is 2.46. The van der Waals surface area contributed by atoms with Crippen LogP contribution in [0.4, 0.5) is 24.8 Å². The highest BCUT2D eigenvalue weighted by Gasteiger charge is 2.32. The van der Waals surface area contributed by atoms with Crippen LogP contribution in [-0.2, 0) is 6.18 Å². The van der Waals surface area contributed by atoms with Gasteiger partial charge in [-0.15, -0.1) is 0 Å². The van der Waals surface area contributed by atoms with E-state index >= 15 is 0 Å². The predicted octanol–water partition coefficient (Wildman–Crippen LogP) is 1.92. The number of piperazine rings is 1. The second-order valence-corrected chi connectivity index (χ2v) is 5.36. The maximum Gasteiger partial charge on any atom is 0.416 e. The number of pyridine rings is 1. The zero-order valence-corrected chi connectivity index (χ0v) is 12.1. The smallest absolute Gasteiger partial charge is 0.354 e. The average molecular weight is 303 g/mol. The first-order chi connectivity index (χ1) is 9.81. The fourth-order valence-electron chi connectivity index (χ4n) is 2.38. The predicted molar refractivity (Wildman–Crippen MR) is 76.0 cm³/mol. The van der Waals surface area contributed by atoms with Gasteiger partial charge in [0, 0.05) is 32.2 Å². The normalized spacial score (nSPS) is 17.4. The molecule has 2 rings (SSSR count). The van der Waals surface area contributed by atoms with Crippen LogP contribution >= 0.6 is 0 Å². The van der Waals surface area contributed by atoms with Crippen molar-refractivity contribution in [1.29, 1.82) is 0 Å². The molecule has 0 aliphatic carbocycles.